The van der Waals surface area contributed by atoms with E-state index in [1.165, 1.54) is 11.1 Å². The Morgan fingerprint density at radius 1 is 0.750 bits per heavy atom. The van der Waals surface area contributed by atoms with Gasteiger partial charge in [0, 0.05) is 37.3 Å². The number of nitrogens with zero attached hydrogens (tertiary/aromatic N) is 1. The van der Waals surface area contributed by atoms with Crippen LogP contribution in [0.3, 0.4) is 0 Å². The molecule has 1 aliphatic rings. The zero-order valence-corrected chi connectivity index (χ0v) is 25.4. The van der Waals surface area contributed by atoms with Crippen molar-refractivity contribution in [2.75, 3.05) is 24.5 Å². The summed E-state index contributed by atoms with van der Waals surface area (Å²) in [5.41, 5.74) is 6.11. The van der Waals surface area contributed by atoms with Gasteiger partial charge in [-0.15, -0.1) is 0 Å². The molecule has 1 atom stereocenters. The van der Waals surface area contributed by atoms with Gasteiger partial charge in [-0.3, -0.25) is 9.59 Å². The van der Waals surface area contributed by atoms with Crippen LogP contribution in [0.1, 0.15) is 53.6 Å². The van der Waals surface area contributed by atoms with E-state index in [0.29, 0.717) is 18.9 Å². The van der Waals surface area contributed by atoms with E-state index in [1.54, 1.807) is 0 Å². The highest BCUT2D eigenvalue weighted by atomic mass is 16.2. The first-order valence-electron chi connectivity index (χ1n) is 15.9. The van der Waals surface area contributed by atoms with Gasteiger partial charge in [0.1, 0.15) is 0 Å². The van der Waals surface area contributed by atoms with Crippen molar-refractivity contribution in [1.82, 2.24) is 5.32 Å². The third kappa shape index (κ3) is 6.45. The zero-order valence-electron chi connectivity index (χ0n) is 25.4. The molecule has 5 aromatic rings. The average Bonchev–Trinajstić information content (AvgIpc) is 3.08. The second kappa shape index (κ2) is 13.7. The standard InChI is InChI=1S/C40H40N2O2/c1-2-25-41-40(44)39(31-12-4-3-5-13-31)32-23-26-42(27-24-32)33-21-19-29(20-22-33)28-38(43)37-17-9-8-16-36(37)35-18-10-14-30-11-6-7-15-34(30)35/h3-22,32,39H,2,23-28H2,1H3,(H,41,44). The Morgan fingerprint density at radius 2 is 1.41 bits per heavy atom. The van der Waals surface area contributed by atoms with E-state index in [0.717, 1.165) is 65.6 Å². The predicted molar refractivity (Wildman–Crippen MR) is 181 cm³/mol. The molecule has 1 aliphatic heterocycles. The Bertz CT molecular complexity index is 1710. The lowest BCUT2D eigenvalue weighted by Gasteiger charge is -2.37. The number of fused-ring (bicyclic) bond motifs is 1. The van der Waals surface area contributed by atoms with E-state index in [-0.39, 0.29) is 17.6 Å². The fourth-order valence-electron chi connectivity index (χ4n) is 6.67. The highest BCUT2D eigenvalue weighted by Gasteiger charge is 2.32. The van der Waals surface area contributed by atoms with Gasteiger partial charge in [0.05, 0.1) is 5.92 Å². The number of nitrogens with one attached hydrogen (secondary N) is 1. The summed E-state index contributed by atoms with van der Waals surface area (Å²) < 4.78 is 0. The Kier molecular flexibility index (Phi) is 9.17. The van der Waals surface area contributed by atoms with Crippen LogP contribution in [-0.4, -0.2) is 31.3 Å². The van der Waals surface area contributed by atoms with E-state index < -0.39 is 0 Å². The first-order chi connectivity index (χ1) is 21.6. The van der Waals surface area contributed by atoms with Crippen molar-refractivity contribution in [1.29, 1.82) is 0 Å². The molecule has 1 fully saturated rings. The Labute approximate surface area is 260 Å². The summed E-state index contributed by atoms with van der Waals surface area (Å²) in [5.74, 6) is 0.460. The maximum absolute atomic E-state index is 13.6. The summed E-state index contributed by atoms with van der Waals surface area (Å²) in [6.45, 7) is 4.62. The number of amides is 1. The van der Waals surface area contributed by atoms with Crippen LogP contribution in [0, 0.1) is 5.92 Å². The summed E-state index contributed by atoms with van der Waals surface area (Å²) >= 11 is 0. The molecule has 44 heavy (non-hydrogen) atoms. The fraction of sp³-hybridized carbons (Fsp3) is 0.250. The minimum Gasteiger partial charge on any atom is -0.372 e. The summed E-state index contributed by atoms with van der Waals surface area (Å²) in [6.07, 6.45) is 3.22. The van der Waals surface area contributed by atoms with Crippen LogP contribution < -0.4 is 10.2 Å². The molecule has 1 unspecified atom stereocenters. The smallest absolute Gasteiger partial charge is 0.227 e. The number of carbonyl (C=O) groups excluding carboxylic acids is 2. The number of ketones is 1. The average molecular weight is 581 g/mol. The van der Waals surface area contributed by atoms with E-state index in [2.05, 4.69) is 89.9 Å². The molecular weight excluding hydrogens is 540 g/mol. The Morgan fingerprint density at radius 3 is 2.18 bits per heavy atom. The molecule has 4 nitrogen and oxygen atoms in total. The molecule has 0 aliphatic carbocycles. The van der Waals surface area contributed by atoms with Crippen LogP contribution in [0.2, 0.25) is 0 Å². The molecule has 0 spiro atoms. The first kappa shape index (κ1) is 29.4. The highest BCUT2D eigenvalue weighted by molar-refractivity contribution is 6.07. The van der Waals surface area contributed by atoms with Crippen molar-refractivity contribution in [3.8, 4) is 11.1 Å². The molecule has 0 aromatic heterocycles. The number of hydrogen-bond donors (Lipinski definition) is 1. The molecule has 1 heterocycles. The van der Waals surface area contributed by atoms with Crippen molar-refractivity contribution >= 4 is 28.2 Å². The fourth-order valence-corrected chi connectivity index (χ4v) is 6.67. The van der Waals surface area contributed by atoms with E-state index in [1.807, 2.05) is 48.5 Å². The molecule has 222 valence electrons. The molecule has 6 rings (SSSR count). The van der Waals surface area contributed by atoms with Crippen LogP contribution in [0.4, 0.5) is 5.69 Å². The molecule has 1 N–H and O–H groups in total. The van der Waals surface area contributed by atoms with Gasteiger partial charge in [-0.2, -0.15) is 0 Å². The molecule has 4 heteroatoms. The normalized spacial score (nSPS) is 14.3. The van der Waals surface area contributed by atoms with Crippen LogP contribution in [0.15, 0.2) is 121 Å². The van der Waals surface area contributed by atoms with Crippen LogP contribution in [-0.2, 0) is 11.2 Å². The summed E-state index contributed by atoms with van der Waals surface area (Å²) in [4.78, 5) is 29.2. The SMILES string of the molecule is CCCNC(=O)C(c1ccccc1)C1CCN(c2ccc(CC(=O)c3ccccc3-c3cccc4ccccc34)cc2)CC1. The summed E-state index contributed by atoms with van der Waals surface area (Å²) in [7, 11) is 0. The Balaban J connectivity index is 1.12. The van der Waals surface area contributed by atoms with Gasteiger partial charge >= 0.3 is 0 Å². The largest absolute Gasteiger partial charge is 0.372 e. The van der Waals surface area contributed by atoms with Gasteiger partial charge in [0.2, 0.25) is 5.91 Å². The molecule has 5 aromatic carbocycles. The van der Waals surface area contributed by atoms with Crippen LogP contribution in [0.5, 0.6) is 0 Å². The van der Waals surface area contributed by atoms with Crippen LogP contribution >= 0.6 is 0 Å². The number of anilines is 1. The van der Waals surface area contributed by atoms with E-state index in [9.17, 15) is 9.59 Å². The molecular formula is C40H40N2O2. The lowest BCUT2D eigenvalue weighted by Crippen LogP contribution is -2.40. The third-order valence-corrected chi connectivity index (χ3v) is 8.97. The number of piperidine rings is 1. The predicted octanol–water partition coefficient (Wildman–Crippen LogP) is 8.46. The third-order valence-electron chi connectivity index (χ3n) is 8.97. The minimum absolute atomic E-state index is 0.116. The number of rotatable bonds is 10. The molecule has 0 radical (unpaired) electrons. The summed E-state index contributed by atoms with van der Waals surface area (Å²) in [6, 6.07) is 41.2. The lowest BCUT2D eigenvalue weighted by molar-refractivity contribution is -0.124. The van der Waals surface area contributed by atoms with Gasteiger partial charge < -0.3 is 10.2 Å². The molecule has 1 saturated heterocycles. The van der Waals surface area contributed by atoms with Gasteiger partial charge in [-0.05, 0) is 70.3 Å². The van der Waals surface area contributed by atoms with Gasteiger partial charge in [0.15, 0.2) is 5.78 Å². The first-order valence-corrected chi connectivity index (χ1v) is 15.9. The second-order valence-electron chi connectivity index (χ2n) is 11.8. The van der Waals surface area contributed by atoms with Gasteiger partial charge in [-0.25, -0.2) is 0 Å². The van der Waals surface area contributed by atoms with E-state index >= 15 is 0 Å². The minimum atomic E-state index is -0.116. The van der Waals surface area contributed by atoms with Gasteiger partial charge in [0.25, 0.3) is 0 Å². The monoisotopic (exact) mass is 580 g/mol. The summed E-state index contributed by atoms with van der Waals surface area (Å²) in [5, 5.41) is 5.47. The Hall–Kier alpha value is -4.70. The van der Waals surface area contributed by atoms with Crippen molar-refractivity contribution in [2.24, 2.45) is 5.92 Å². The van der Waals surface area contributed by atoms with Crippen molar-refractivity contribution < 1.29 is 9.59 Å². The molecule has 0 saturated carbocycles. The number of benzene rings is 5. The quantitative estimate of drug-likeness (QED) is 0.169. The highest BCUT2D eigenvalue weighted by Crippen LogP contribution is 2.35. The van der Waals surface area contributed by atoms with Gasteiger partial charge in [-0.1, -0.05) is 116 Å². The van der Waals surface area contributed by atoms with Crippen LogP contribution in [0.25, 0.3) is 21.9 Å². The van der Waals surface area contributed by atoms with Crippen molar-refractivity contribution in [3.63, 3.8) is 0 Å². The topological polar surface area (TPSA) is 49.4 Å². The second-order valence-corrected chi connectivity index (χ2v) is 11.8. The number of carbonyl (C=O) groups is 2. The lowest BCUT2D eigenvalue weighted by atomic mass is 9.79. The molecule has 1 amide bonds. The van der Waals surface area contributed by atoms with Crippen molar-refractivity contribution in [3.05, 3.63) is 138 Å². The zero-order chi connectivity index (χ0) is 30.3. The molecule has 0 bridgehead atoms. The van der Waals surface area contributed by atoms with E-state index in [4.69, 9.17) is 0 Å². The van der Waals surface area contributed by atoms with Crippen molar-refractivity contribution in [2.45, 2.75) is 38.5 Å². The number of hydrogen-bond acceptors (Lipinski definition) is 3. The number of Topliss-reactive ketones (excluding diaryl/α,β-unsaturated/α-hetero) is 1. The maximum atomic E-state index is 13.6. The maximum Gasteiger partial charge on any atom is 0.227 e.